The molecule has 2 aliphatic rings. The molecule has 1 saturated carbocycles. The highest BCUT2D eigenvalue weighted by molar-refractivity contribution is 5.94. The zero-order chi connectivity index (χ0) is 17.2. The normalized spacial score (nSPS) is 26.0. The predicted octanol–water partition coefficient (Wildman–Crippen LogP) is 3.65. The first-order valence-electron chi connectivity index (χ1n) is 9.29. The highest BCUT2D eigenvalue weighted by Gasteiger charge is 2.43. The molecular weight excluding hydrogens is 312 g/mol. The van der Waals surface area contributed by atoms with Gasteiger partial charge in [-0.15, -0.1) is 0 Å². The van der Waals surface area contributed by atoms with Crippen molar-refractivity contribution in [2.75, 3.05) is 20.1 Å². The summed E-state index contributed by atoms with van der Waals surface area (Å²) in [5.41, 5.74) is 0.807. The van der Waals surface area contributed by atoms with E-state index in [1.807, 2.05) is 42.5 Å². The first-order chi connectivity index (χ1) is 12.2. The predicted molar refractivity (Wildman–Crippen MR) is 97.1 cm³/mol. The van der Waals surface area contributed by atoms with Gasteiger partial charge in [-0.25, -0.2) is 0 Å². The fourth-order valence-electron chi connectivity index (χ4n) is 4.68. The number of rotatable bonds is 4. The third-order valence-electron chi connectivity index (χ3n) is 5.92. The van der Waals surface area contributed by atoms with Crippen LogP contribution in [-0.4, -0.2) is 41.9 Å². The summed E-state index contributed by atoms with van der Waals surface area (Å²) in [5, 5.41) is 0. The molecule has 25 heavy (non-hydrogen) atoms. The van der Waals surface area contributed by atoms with Gasteiger partial charge < -0.3 is 9.32 Å². The van der Waals surface area contributed by atoms with Gasteiger partial charge >= 0.3 is 0 Å². The molecule has 0 spiro atoms. The largest absolute Gasteiger partial charge is 0.468 e. The molecular formula is C21H26N2O2. The second-order valence-corrected chi connectivity index (χ2v) is 7.49. The lowest BCUT2D eigenvalue weighted by Crippen LogP contribution is -2.43. The lowest BCUT2D eigenvalue weighted by molar-refractivity contribution is 0.0767. The maximum Gasteiger partial charge on any atom is 0.253 e. The van der Waals surface area contributed by atoms with E-state index in [2.05, 4.69) is 16.8 Å². The maximum atomic E-state index is 12.8. The Kier molecular flexibility index (Phi) is 4.62. The Morgan fingerprint density at radius 1 is 1.16 bits per heavy atom. The number of benzene rings is 1. The van der Waals surface area contributed by atoms with Crippen LogP contribution in [0.1, 0.15) is 35.4 Å². The van der Waals surface area contributed by atoms with E-state index in [0.29, 0.717) is 17.9 Å². The van der Waals surface area contributed by atoms with E-state index in [1.165, 1.54) is 19.3 Å². The Labute approximate surface area is 149 Å². The van der Waals surface area contributed by atoms with Crippen molar-refractivity contribution >= 4 is 5.91 Å². The van der Waals surface area contributed by atoms with Crippen LogP contribution in [0.2, 0.25) is 0 Å². The third-order valence-corrected chi connectivity index (χ3v) is 5.92. The topological polar surface area (TPSA) is 36.7 Å². The molecule has 0 bridgehead atoms. The van der Waals surface area contributed by atoms with Crippen molar-refractivity contribution in [3.63, 3.8) is 0 Å². The molecule has 1 saturated heterocycles. The number of hydrogen-bond acceptors (Lipinski definition) is 3. The molecule has 0 unspecified atom stereocenters. The van der Waals surface area contributed by atoms with Crippen molar-refractivity contribution < 1.29 is 9.21 Å². The summed E-state index contributed by atoms with van der Waals surface area (Å²) in [6.07, 6.45) is 5.45. The minimum absolute atomic E-state index is 0.183. The van der Waals surface area contributed by atoms with E-state index >= 15 is 0 Å². The van der Waals surface area contributed by atoms with Gasteiger partial charge in [0.25, 0.3) is 5.91 Å². The standard InChI is InChI=1S/C21H26N2O2/c1-22(14-18-10-6-12-25-18)20-11-5-9-17-13-23(15-19(17)20)21(24)16-7-3-2-4-8-16/h2-4,6-8,10,12,17,19-20H,5,9,11,13-15H2,1H3/t17-,19-,20+/m0/s1. The Morgan fingerprint density at radius 3 is 2.76 bits per heavy atom. The summed E-state index contributed by atoms with van der Waals surface area (Å²) in [6.45, 7) is 2.63. The first kappa shape index (κ1) is 16.4. The summed E-state index contributed by atoms with van der Waals surface area (Å²) in [7, 11) is 2.19. The second-order valence-electron chi connectivity index (χ2n) is 7.49. The lowest BCUT2D eigenvalue weighted by atomic mass is 9.77. The lowest BCUT2D eigenvalue weighted by Gasteiger charge is -2.38. The van der Waals surface area contributed by atoms with Crippen LogP contribution < -0.4 is 0 Å². The number of furan rings is 1. The Morgan fingerprint density at radius 2 is 2.00 bits per heavy atom. The maximum absolute atomic E-state index is 12.8. The molecule has 4 rings (SSSR count). The van der Waals surface area contributed by atoms with Gasteiger partial charge in [0.15, 0.2) is 0 Å². The van der Waals surface area contributed by atoms with Crippen molar-refractivity contribution in [2.24, 2.45) is 11.8 Å². The fraction of sp³-hybridized carbons (Fsp3) is 0.476. The Balaban J connectivity index is 1.45. The minimum atomic E-state index is 0.183. The number of carbonyl (C=O) groups excluding carboxylic acids is 1. The second kappa shape index (κ2) is 7.04. The number of hydrogen-bond donors (Lipinski definition) is 0. The van der Waals surface area contributed by atoms with E-state index in [4.69, 9.17) is 4.42 Å². The number of nitrogens with zero attached hydrogens (tertiary/aromatic N) is 2. The highest BCUT2D eigenvalue weighted by atomic mass is 16.3. The van der Waals surface area contributed by atoms with Gasteiger partial charge in [-0.1, -0.05) is 24.6 Å². The van der Waals surface area contributed by atoms with Crippen LogP contribution in [0.5, 0.6) is 0 Å². The number of amides is 1. The van der Waals surface area contributed by atoms with Gasteiger partial charge in [0.2, 0.25) is 0 Å². The molecule has 2 fully saturated rings. The van der Waals surface area contributed by atoms with Gasteiger partial charge in [-0.2, -0.15) is 0 Å². The van der Waals surface area contributed by atoms with Crippen molar-refractivity contribution in [1.29, 1.82) is 0 Å². The quantitative estimate of drug-likeness (QED) is 0.854. The number of fused-ring (bicyclic) bond motifs is 1. The molecule has 0 N–H and O–H groups in total. The zero-order valence-electron chi connectivity index (χ0n) is 14.8. The first-order valence-corrected chi connectivity index (χ1v) is 9.29. The zero-order valence-corrected chi connectivity index (χ0v) is 14.8. The average Bonchev–Trinajstić information content (AvgIpc) is 3.30. The van der Waals surface area contributed by atoms with Crippen LogP contribution in [0.4, 0.5) is 0 Å². The van der Waals surface area contributed by atoms with Gasteiger partial charge in [-0.05, 0) is 56.0 Å². The average molecular weight is 338 g/mol. The number of carbonyl (C=O) groups is 1. The number of likely N-dealkylation sites (tertiary alicyclic amines) is 1. The van der Waals surface area contributed by atoms with Gasteiger partial charge in [0, 0.05) is 24.7 Å². The highest BCUT2D eigenvalue weighted by Crippen LogP contribution is 2.39. The van der Waals surface area contributed by atoms with Gasteiger partial charge in [-0.3, -0.25) is 9.69 Å². The van der Waals surface area contributed by atoms with Crippen molar-refractivity contribution in [3.8, 4) is 0 Å². The molecule has 2 aromatic rings. The van der Waals surface area contributed by atoms with Crippen molar-refractivity contribution in [2.45, 2.75) is 31.8 Å². The summed E-state index contributed by atoms with van der Waals surface area (Å²) in [5.74, 6) is 2.40. The molecule has 1 aliphatic carbocycles. The third kappa shape index (κ3) is 3.36. The summed E-state index contributed by atoms with van der Waals surface area (Å²) < 4.78 is 5.52. The summed E-state index contributed by atoms with van der Waals surface area (Å²) >= 11 is 0. The SMILES string of the molecule is CN(Cc1ccco1)[C@@H]1CCC[C@H]2CN(C(=O)c3ccccc3)C[C@@H]21. The Bertz CT molecular complexity index is 698. The Hall–Kier alpha value is -2.07. The molecule has 4 heteroatoms. The van der Waals surface area contributed by atoms with Crippen LogP contribution >= 0.6 is 0 Å². The minimum Gasteiger partial charge on any atom is -0.468 e. The van der Waals surface area contributed by atoms with Crippen LogP contribution in [0.25, 0.3) is 0 Å². The summed E-state index contributed by atoms with van der Waals surface area (Å²) in [4.78, 5) is 17.3. The van der Waals surface area contributed by atoms with Crippen LogP contribution in [0, 0.1) is 11.8 Å². The van der Waals surface area contributed by atoms with E-state index in [1.54, 1.807) is 6.26 Å². The molecule has 1 aliphatic heterocycles. The monoisotopic (exact) mass is 338 g/mol. The molecule has 1 aromatic carbocycles. The fourth-order valence-corrected chi connectivity index (χ4v) is 4.68. The van der Waals surface area contributed by atoms with E-state index in [9.17, 15) is 4.79 Å². The molecule has 2 heterocycles. The summed E-state index contributed by atoms with van der Waals surface area (Å²) in [6, 6.07) is 14.2. The molecule has 132 valence electrons. The van der Waals surface area contributed by atoms with E-state index in [0.717, 1.165) is 31.0 Å². The van der Waals surface area contributed by atoms with E-state index in [-0.39, 0.29) is 5.91 Å². The van der Waals surface area contributed by atoms with Gasteiger partial charge in [0.05, 0.1) is 12.8 Å². The molecule has 1 aromatic heterocycles. The molecule has 0 radical (unpaired) electrons. The van der Waals surface area contributed by atoms with Crippen LogP contribution in [-0.2, 0) is 6.54 Å². The smallest absolute Gasteiger partial charge is 0.253 e. The van der Waals surface area contributed by atoms with Crippen LogP contribution in [0.15, 0.2) is 53.1 Å². The molecule has 4 nitrogen and oxygen atoms in total. The van der Waals surface area contributed by atoms with Crippen LogP contribution in [0.3, 0.4) is 0 Å². The molecule has 3 atom stereocenters. The van der Waals surface area contributed by atoms with E-state index < -0.39 is 0 Å². The van der Waals surface area contributed by atoms with Crippen molar-refractivity contribution in [3.05, 3.63) is 60.1 Å². The molecule has 1 amide bonds. The van der Waals surface area contributed by atoms with Gasteiger partial charge in [0.1, 0.15) is 5.76 Å². The van der Waals surface area contributed by atoms with Crippen molar-refractivity contribution in [1.82, 2.24) is 9.80 Å².